The first-order chi connectivity index (χ1) is 16.4. The van der Waals surface area contributed by atoms with Gasteiger partial charge < -0.3 is 19.5 Å². The van der Waals surface area contributed by atoms with Crippen LogP contribution >= 0.6 is 11.6 Å². The minimum atomic E-state index is -0.635. The average Bonchev–Trinajstić information content (AvgIpc) is 3.18. The smallest absolute Gasteiger partial charge is 0.338 e. The molecule has 1 aromatic heterocycles. The quantitative estimate of drug-likeness (QED) is 0.383. The average molecular weight is 480 g/mol. The van der Waals surface area contributed by atoms with Crippen LogP contribution < -0.4 is 14.8 Å². The fourth-order valence-corrected chi connectivity index (χ4v) is 3.82. The van der Waals surface area contributed by atoms with Crippen molar-refractivity contribution in [3.05, 3.63) is 77.1 Å². The van der Waals surface area contributed by atoms with E-state index in [0.29, 0.717) is 33.3 Å². The second kappa shape index (κ2) is 9.84. The van der Waals surface area contributed by atoms with E-state index in [2.05, 4.69) is 10.3 Å². The highest BCUT2D eigenvalue weighted by Gasteiger charge is 2.17. The predicted octanol–water partition coefficient (Wildman–Crippen LogP) is 4.80. The van der Waals surface area contributed by atoms with Crippen molar-refractivity contribution in [3.8, 4) is 17.2 Å². The molecule has 0 atom stereocenters. The van der Waals surface area contributed by atoms with Crippen LogP contribution in [-0.2, 0) is 9.53 Å². The maximum Gasteiger partial charge on any atom is 0.338 e. The second-order valence-electron chi connectivity index (χ2n) is 7.34. The number of halogens is 1. The van der Waals surface area contributed by atoms with Crippen molar-refractivity contribution in [1.29, 1.82) is 0 Å². The Morgan fingerprint density at radius 1 is 1.00 bits per heavy atom. The number of hydrogen-bond acceptors (Lipinski definition) is 6. The fourth-order valence-electron chi connectivity index (χ4n) is 3.59. The van der Waals surface area contributed by atoms with Gasteiger partial charge in [0.1, 0.15) is 17.3 Å². The van der Waals surface area contributed by atoms with Gasteiger partial charge in [-0.2, -0.15) is 0 Å². The lowest BCUT2D eigenvalue weighted by Crippen LogP contribution is -2.21. The number of anilines is 1. The first kappa shape index (κ1) is 23.1. The summed E-state index contributed by atoms with van der Waals surface area (Å²) >= 11 is 6.08. The number of nitrogens with zero attached hydrogens (tertiary/aromatic N) is 2. The molecule has 174 valence electrons. The molecule has 3 aromatic carbocycles. The van der Waals surface area contributed by atoms with Gasteiger partial charge in [0.2, 0.25) is 0 Å². The molecule has 1 N–H and O–H groups in total. The number of carbonyl (C=O) groups is 2. The molecular formula is C25H22ClN3O5. The topological polar surface area (TPSA) is 91.7 Å². The van der Waals surface area contributed by atoms with Gasteiger partial charge >= 0.3 is 5.97 Å². The Labute approximate surface area is 201 Å². The van der Waals surface area contributed by atoms with E-state index >= 15 is 0 Å². The molecule has 1 heterocycles. The zero-order valence-corrected chi connectivity index (χ0v) is 19.6. The number of benzene rings is 3. The van der Waals surface area contributed by atoms with E-state index in [-0.39, 0.29) is 0 Å². The number of fused-ring (bicyclic) bond motifs is 1. The summed E-state index contributed by atoms with van der Waals surface area (Å²) in [6, 6.07) is 18.0. The molecule has 0 aliphatic heterocycles. The predicted molar refractivity (Wildman–Crippen MR) is 129 cm³/mol. The minimum absolute atomic E-state index is 0.295. The monoisotopic (exact) mass is 479 g/mol. The maximum absolute atomic E-state index is 12.6. The molecule has 0 saturated carbocycles. The molecule has 0 aliphatic rings. The number of methoxy groups -OCH3 is 2. The number of aryl methyl sites for hydroxylation is 1. The van der Waals surface area contributed by atoms with Gasteiger partial charge in [-0.1, -0.05) is 29.8 Å². The lowest BCUT2D eigenvalue weighted by Gasteiger charge is -2.13. The Bertz CT molecular complexity index is 1370. The third-order valence-electron chi connectivity index (χ3n) is 5.15. The number of ether oxygens (including phenoxy) is 3. The summed E-state index contributed by atoms with van der Waals surface area (Å²) < 4.78 is 17.6. The number of para-hydroxylation sites is 1. The number of aromatic nitrogens is 2. The summed E-state index contributed by atoms with van der Waals surface area (Å²) in [7, 11) is 2.91. The van der Waals surface area contributed by atoms with Gasteiger partial charge in [-0.3, -0.25) is 9.36 Å². The van der Waals surface area contributed by atoms with Crippen molar-refractivity contribution in [2.45, 2.75) is 6.92 Å². The second-order valence-corrected chi connectivity index (χ2v) is 7.75. The number of imidazole rings is 1. The number of hydrogen-bond donors (Lipinski definition) is 1. The Balaban J connectivity index is 1.46. The van der Waals surface area contributed by atoms with Crippen molar-refractivity contribution in [2.24, 2.45) is 0 Å². The molecule has 8 nitrogen and oxygen atoms in total. The van der Waals surface area contributed by atoms with Crippen LogP contribution in [0.1, 0.15) is 16.2 Å². The molecular weight excluding hydrogens is 458 g/mol. The van der Waals surface area contributed by atoms with Crippen molar-refractivity contribution in [3.63, 3.8) is 0 Å². The largest absolute Gasteiger partial charge is 0.495 e. The highest BCUT2D eigenvalue weighted by molar-refractivity contribution is 6.32. The van der Waals surface area contributed by atoms with Gasteiger partial charge in [-0.25, -0.2) is 9.78 Å². The molecule has 1 amide bonds. The Hall–Kier alpha value is -4.04. The van der Waals surface area contributed by atoms with E-state index in [1.165, 1.54) is 26.4 Å². The SMILES string of the molecule is COc1cc(NC(=O)COC(=O)c2ccc3c(c2)nc(C)n3-c2ccccc2)c(OC)cc1Cl. The van der Waals surface area contributed by atoms with Crippen molar-refractivity contribution in [2.75, 3.05) is 26.1 Å². The maximum atomic E-state index is 12.6. The van der Waals surface area contributed by atoms with Crippen molar-refractivity contribution in [1.82, 2.24) is 9.55 Å². The molecule has 0 fully saturated rings. The van der Waals surface area contributed by atoms with E-state index in [1.54, 1.807) is 12.1 Å². The minimum Gasteiger partial charge on any atom is -0.495 e. The van der Waals surface area contributed by atoms with Crippen LogP contribution in [-0.4, -0.2) is 42.3 Å². The van der Waals surface area contributed by atoms with Gasteiger partial charge in [0.05, 0.1) is 41.5 Å². The molecule has 0 saturated heterocycles. The summed E-state index contributed by atoms with van der Waals surface area (Å²) in [6.07, 6.45) is 0. The molecule has 0 aliphatic carbocycles. The summed E-state index contributed by atoms with van der Waals surface area (Å²) in [5, 5.41) is 2.97. The summed E-state index contributed by atoms with van der Waals surface area (Å²) in [5.74, 6) is 0.331. The number of nitrogens with one attached hydrogen (secondary N) is 1. The van der Waals surface area contributed by atoms with Gasteiger partial charge in [0, 0.05) is 17.8 Å². The first-order valence-electron chi connectivity index (χ1n) is 10.3. The standard InChI is InChI=1S/C25H22ClN3O5/c1-15-27-19-11-16(9-10-21(19)29(15)17-7-5-4-6-8-17)25(31)34-14-24(30)28-20-13-22(32-2)18(26)12-23(20)33-3/h4-13H,14H2,1-3H3,(H,28,30). The summed E-state index contributed by atoms with van der Waals surface area (Å²) in [4.78, 5) is 29.5. The van der Waals surface area contributed by atoms with Crippen LogP contribution in [0, 0.1) is 6.92 Å². The van der Waals surface area contributed by atoms with Crippen LogP contribution in [0.4, 0.5) is 5.69 Å². The molecule has 4 rings (SSSR count). The third kappa shape index (κ3) is 4.67. The highest BCUT2D eigenvalue weighted by Crippen LogP contribution is 2.35. The Morgan fingerprint density at radius 2 is 1.74 bits per heavy atom. The molecule has 0 spiro atoms. The molecule has 4 aromatic rings. The lowest BCUT2D eigenvalue weighted by molar-refractivity contribution is -0.119. The highest BCUT2D eigenvalue weighted by atomic mass is 35.5. The normalized spacial score (nSPS) is 10.7. The molecule has 9 heteroatoms. The van der Waals surface area contributed by atoms with Crippen LogP contribution in [0.25, 0.3) is 16.7 Å². The van der Waals surface area contributed by atoms with Gasteiger partial charge in [-0.05, 0) is 37.3 Å². The number of carbonyl (C=O) groups excluding carboxylic acids is 2. The number of esters is 1. The summed E-state index contributed by atoms with van der Waals surface area (Å²) in [6.45, 7) is 1.41. The van der Waals surface area contributed by atoms with Gasteiger partial charge in [-0.15, -0.1) is 0 Å². The Kier molecular flexibility index (Phi) is 6.70. The van der Waals surface area contributed by atoms with Crippen molar-refractivity contribution < 1.29 is 23.8 Å². The van der Waals surface area contributed by atoms with Crippen LogP contribution in [0.15, 0.2) is 60.7 Å². The first-order valence-corrected chi connectivity index (χ1v) is 10.7. The van der Waals surface area contributed by atoms with Gasteiger partial charge in [0.25, 0.3) is 5.91 Å². The third-order valence-corrected chi connectivity index (χ3v) is 5.45. The zero-order valence-electron chi connectivity index (χ0n) is 18.8. The molecule has 0 bridgehead atoms. The van der Waals surface area contributed by atoms with Crippen molar-refractivity contribution >= 4 is 40.2 Å². The van der Waals surface area contributed by atoms with E-state index in [4.69, 9.17) is 25.8 Å². The molecule has 0 unspecified atom stereocenters. The van der Waals surface area contributed by atoms with E-state index < -0.39 is 18.5 Å². The Morgan fingerprint density at radius 3 is 2.44 bits per heavy atom. The van der Waals surface area contributed by atoms with E-state index in [0.717, 1.165) is 17.0 Å². The lowest BCUT2D eigenvalue weighted by atomic mass is 10.2. The van der Waals surface area contributed by atoms with Crippen LogP contribution in [0.5, 0.6) is 11.5 Å². The fraction of sp³-hybridized carbons (Fsp3) is 0.160. The van der Waals surface area contributed by atoms with Crippen LogP contribution in [0.3, 0.4) is 0 Å². The van der Waals surface area contributed by atoms with Gasteiger partial charge in [0.15, 0.2) is 6.61 Å². The molecule has 0 radical (unpaired) electrons. The van der Waals surface area contributed by atoms with E-state index in [1.807, 2.05) is 47.9 Å². The van der Waals surface area contributed by atoms with E-state index in [9.17, 15) is 9.59 Å². The summed E-state index contributed by atoms with van der Waals surface area (Å²) in [5.41, 5.74) is 3.13. The zero-order chi connectivity index (χ0) is 24.2. The number of rotatable bonds is 7. The van der Waals surface area contributed by atoms with Crippen LogP contribution in [0.2, 0.25) is 5.02 Å². The number of amides is 1. The molecule has 34 heavy (non-hydrogen) atoms.